The number of carbonyl (C=O) groups excluding carboxylic acids is 1. The Kier molecular flexibility index (Phi) is 6.55. The lowest BCUT2D eigenvalue weighted by Crippen LogP contribution is -2.48. The highest BCUT2D eigenvalue weighted by Gasteiger charge is 2.31. The second kappa shape index (κ2) is 9.94. The van der Waals surface area contributed by atoms with Crippen LogP contribution in [0, 0.1) is 0 Å². The molecule has 0 saturated carbocycles. The predicted molar refractivity (Wildman–Crippen MR) is 124 cm³/mol. The van der Waals surface area contributed by atoms with Gasteiger partial charge in [-0.15, -0.1) is 0 Å². The van der Waals surface area contributed by atoms with E-state index in [4.69, 9.17) is 4.52 Å². The Morgan fingerprint density at radius 3 is 2.44 bits per heavy atom. The van der Waals surface area contributed by atoms with E-state index < -0.39 is 11.7 Å². The Balaban J connectivity index is 1.14. The molecule has 0 radical (unpaired) electrons. The third-order valence-corrected chi connectivity index (χ3v) is 6.04. The van der Waals surface area contributed by atoms with Gasteiger partial charge in [0.2, 0.25) is 11.7 Å². The SMILES string of the molecule is O=C(c1ccc(Cn2cccn2)cc1)N1CCN(Cc2nc(-c3cccc(C(F)(F)F)c3)no2)CC1. The van der Waals surface area contributed by atoms with Crippen LogP contribution in [0.5, 0.6) is 0 Å². The summed E-state index contributed by atoms with van der Waals surface area (Å²) in [5.74, 6) is 0.404. The van der Waals surface area contributed by atoms with Crippen molar-refractivity contribution in [2.24, 2.45) is 0 Å². The first-order valence-corrected chi connectivity index (χ1v) is 11.4. The molecule has 0 N–H and O–H groups in total. The van der Waals surface area contributed by atoms with E-state index in [0.29, 0.717) is 50.7 Å². The first kappa shape index (κ1) is 23.7. The second-order valence-corrected chi connectivity index (χ2v) is 8.56. The summed E-state index contributed by atoms with van der Waals surface area (Å²) in [5.41, 5.74) is 1.17. The average Bonchev–Trinajstić information content (AvgIpc) is 3.57. The molecule has 3 heterocycles. The smallest absolute Gasteiger partial charge is 0.338 e. The van der Waals surface area contributed by atoms with Crippen molar-refractivity contribution in [2.75, 3.05) is 26.2 Å². The van der Waals surface area contributed by atoms with E-state index in [1.54, 1.807) is 11.1 Å². The van der Waals surface area contributed by atoms with Gasteiger partial charge in [0.1, 0.15) is 0 Å². The molecule has 0 atom stereocenters. The fourth-order valence-corrected chi connectivity index (χ4v) is 4.09. The first-order chi connectivity index (χ1) is 17.3. The van der Waals surface area contributed by atoms with Gasteiger partial charge < -0.3 is 9.42 Å². The zero-order valence-electron chi connectivity index (χ0n) is 19.2. The van der Waals surface area contributed by atoms with E-state index in [1.807, 2.05) is 41.2 Å². The van der Waals surface area contributed by atoms with Crippen LogP contribution in [0.3, 0.4) is 0 Å². The third-order valence-electron chi connectivity index (χ3n) is 6.04. The number of carbonyl (C=O) groups is 1. The molecule has 1 saturated heterocycles. The molecule has 4 aromatic rings. The summed E-state index contributed by atoms with van der Waals surface area (Å²) in [6, 6.07) is 14.2. The number of benzene rings is 2. The molecule has 0 unspecified atom stereocenters. The molecular weight excluding hydrogens is 473 g/mol. The van der Waals surface area contributed by atoms with Crippen molar-refractivity contribution in [1.29, 1.82) is 0 Å². The number of rotatable bonds is 6. The summed E-state index contributed by atoms with van der Waals surface area (Å²) in [5, 5.41) is 8.03. The summed E-state index contributed by atoms with van der Waals surface area (Å²) >= 11 is 0. The molecule has 8 nitrogen and oxygen atoms in total. The quantitative estimate of drug-likeness (QED) is 0.402. The van der Waals surface area contributed by atoms with Crippen molar-refractivity contribution < 1.29 is 22.5 Å². The topological polar surface area (TPSA) is 80.3 Å². The first-order valence-electron chi connectivity index (χ1n) is 11.4. The van der Waals surface area contributed by atoms with Crippen LogP contribution in [-0.4, -0.2) is 61.8 Å². The van der Waals surface area contributed by atoms with Crippen molar-refractivity contribution in [3.05, 3.63) is 89.6 Å². The van der Waals surface area contributed by atoms with E-state index in [1.165, 1.54) is 12.1 Å². The molecule has 36 heavy (non-hydrogen) atoms. The molecule has 1 aliphatic rings. The molecular formula is C25H23F3N6O2. The van der Waals surface area contributed by atoms with Gasteiger partial charge in [-0.1, -0.05) is 29.4 Å². The van der Waals surface area contributed by atoms with Crippen molar-refractivity contribution in [2.45, 2.75) is 19.3 Å². The number of halogens is 3. The van der Waals surface area contributed by atoms with E-state index in [9.17, 15) is 18.0 Å². The van der Waals surface area contributed by atoms with Gasteiger partial charge >= 0.3 is 6.18 Å². The maximum absolute atomic E-state index is 13.0. The Morgan fingerprint density at radius 2 is 1.75 bits per heavy atom. The highest BCUT2D eigenvalue weighted by molar-refractivity contribution is 5.94. The van der Waals surface area contributed by atoms with E-state index in [0.717, 1.165) is 17.7 Å². The molecule has 5 rings (SSSR count). The Labute approximate surface area is 204 Å². The van der Waals surface area contributed by atoms with Crippen molar-refractivity contribution in [3.63, 3.8) is 0 Å². The monoisotopic (exact) mass is 496 g/mol. The second-order valence-electron chi connectivity index (χ2n) is 8.56. The normalized spacial score (nSPS) is 14.8. The molecule has 0 bridgehead atoms. The minimum Gasteiger partial charge on any atom is -0.338 e. The summed E-state index contributed by atoms with van der Waals surface area (Å²) in [4.78, 5) is 21.1. The Hall–Kier alpha value is -3.99. The highest BCUT2D eigenvalue weighted by atomic mass is 19.4. The molecule has 1 amide bonds. The minimum atomic E-state index is -4.44. The third kappa shape index (κ3) is 5.46. The van der Waals surface area contributed by atoms with E-state index >= 15 is 0 Å². The lowest BCUT2D eigenvalue weighted by atomic mass is 10.1. The lowest BCUT2D eigenvalue weighted by Gasteiger charge is -2.34. The van der Waals surface area contributed by atoms with Crippen LogP contribution in [0.4, 0.5) is 13.2 Å². The van der Waals surface area contributed by atoms with E-state index in [-0.39, 0.29) is 17.3 Å². The molecule has 1 fully saturated rings. The van der Waals surface area contributed by atoms with Gasteiger partial charge in [-0.25, -0.2) is 0 Å². The maximum Gasteiger partial charge on any atom is 0.416 e. The summed E-state index contributed by atoms with van der Waals surface area (Å²) < 4.78 is 46.0. The van der Waals surface area contributed by atoms with Gasteiger partial charge in [-0.3, -0.25) is 14.4 Å². The standard InChI is InChI=1S/C25H23F3N6O2/c26-25(27,28)21-4-1-3-20(15-21)23-30-22(36-31-23)17-32-11-13-33(14-12-32)24(35)19-7-5-18(6-8-19)16-34-10-2-9-29-34/h1-10,15H,11-14,16-17H2. The molecule has 0 spiro atoms. The van der Waals surface area contributed by atoms with Gasteiger partial charge in [-0.2, -0.15) is 23.3 Å². The summed E-state index contributed by atoms with van der Waals surface area (Å²) in [7, 11) is 0. The number of amides is 1. The van der Waals surface area contributed by atoms with Crippen LogP contribution in [0.25, 0.3) is 11.4 Å². The van der Waals surface area contributed by atoms with Crippen LogP contribution in [0.1, 0.15) is 27.4 Å². The fourth-order valence-electron chi connectivity index (χ4n) is 4.09. The van der Waals surface area contributed by atoms with Crippen LogP contribution < -0.4 is 0 Å². The number of alkyl halides is 3. The van der Waals surface area contributed by atoms with Gasteiger partial charge in [0.05, 0.1) is 18.7 Å². The number of piperazine rings is 1. The maximum atomic E-state index is 13.0. The Bertz CT molecular complexity index is 1310. The van der Waals surface area contributed by atoms with Gasteiger partial charge in [0.25, 0.3) is 5.91 Å². The van der Waals surface area contributed by atoms with Crippen LogP contribution >= 0.6 is 0 Å². The zero-order chi connectivity index (χ0) is 25.1. The van der Waals surface area contributed by atoms with Crippen LogP contribution in [-0.2, 0) is 19.3 Å². The molecule has 11 heteroatoms. The molecule has 186 valence electrons. The van der Waals surface area contributed by atoms with E-state index in [2.05, 4.69) is 20.1 Å². The number of hydrogen-bond acceptors (Lipinski definition) is 6. The Morgan fingerprint density at radius 1 is 0.972 bits per heavy atom. The average molecular weight is 496 g/mol. The largest absolute Gasteiger partial charge is 0.416 e. The van der Waals surface area contributed by atoms with Crippen molar-refractivity contribution in [1.82, 2.24) is 29.7 Å². The van der Waals surface area contributed by atoms with Gasteiger partial charge in [0.15, 0.2) is 0 Å². The molecule has 1 aliphatic heterocycles. The number of aromatic nitrogens is 4. The zero-order valence-corrected chi connectivity index (χ0v) is 19.2. The van der Waals surface area contributed by atoms with Crippen LogP contribution in [0.2, 0.25) is 0 Å². The lowest BCUT2D eigenvalue weighted by molar-refractivity contribution is -0.137. The highest BCUT2D eigenvalue weighted by Crippen LogP contribution is 2.31. The summed E-state index contributed by atoms with van der Waals surface area (Å²) in [6.07, 6.45) is -0.827. The van der Waals surface area contributed by atoms with Crippen molar-refractivity contribution >= 4 is 5.91 Å². The van der Waals surface area contributed by atoms with Crippen LogP contribution in [0.15, 0.2) is 71.5 Å². The summed E-state index contributed by atoms with van der Waals surface area (Å²) in [6.45, 7) is 3.32. The predicted octanol–water partition coefficient (Wildman–Crippen LogP) is 3.96. The molecule has 2 aromatic heterocycles. The van der Waals surface area contributed by atoms with Gasteiger partial charge in [0, 0.05) is 49.7 Å². The van der Waals surface area contributed by atoms with Gasteiger partial charge in [-0.05, 0) is 35.9 Å². The molecule has 2 aromatic carbocycles. The minimum absolute atomic E-state index is 0.0232. The number of hydrogen-bond donors (Lipinski definition) is 0. The number of nitrogens with zero attached hydrogens (tertiary/aromatic N) is 6. The fraction of sp³-hybridized carbons (Fsp3) is 0.280. The molecule has 0 aliphatic carbocycles. The van der Waals surface area contributed by atoms with Crippen molar-refractivity contribution in [3.8, 4) is 11.4 Å².